The van der Waals surface area contributed by atoms with E-state index in [1.807, 2.05) is 0 Å². The molecule has 0 heterocycles. The van der Waals surface area contributed by atoms with Gasteiger partial charge in [-0.25, -0.2) is 0 Å². The van der Waals surface area contributed by atoms with E-state index in [2.05, 4.69) is 10.6 Å². The number of carboxylic acid groups (broad SMARTS) is 1. The standard InChI is InChI=1S/C9H18N4O2/c10-7(8(14)15)2-1-5-12-9(11)13-6-3-4-6/h6-7H,1-5,10H2,(H,14,15)(H3,11,12,13)/t7-/m1/s1. The van der Waals surface area contributed by atoms with Crippen LogP contribution < -0.4 is 16.4 Å². The van der Waals surface area contributed by atoms with Gasteiger partial charge < -0.3 is 21.5 Å². The summed E-state index contributed by atoms with van der Waals surface area (Å²) in [6, 6.07) is -0.330. The summed E-state index contributed by atoms with van der Waals surface area (Å²) in [6.07, 6.45) is 3.35. The van der Waals surface area contributed by atoms with Crippen molar-refractivity contribution in [2.45, 2.75) is 37.8 Å². The molecule has 1 aliphatic carbocycles. The van der Waals surface area contributed by atoms with Crippen molar-refractivity contribution in [1.82, 2.24) is 10.6 Å². The zero-order valence-electron chi connectivity index (χ0n) is 8.62. The lowest BCUT2D eigenvalue weighted by Crippen LogP contribution is -2.38. The summed E-state index contributed by atoms with van der Waals surface area (Å²) in [6.45, 7) is 0.583. The highest BCUT2D eigenvalue weighted by atomic mass is 16.4. The fraction of sp³-hybridized carbons (Fsp3) is 0.778. The third-order valence-electron chi connectivity index (χ3n) is 2.24. The number of nitrogens with one attached hydrogen (secondary N) is 3. The molecule has 0 spiro atoms. The lowest BCUT2D eigenvalue weighted by Gasteiger charge is -2.10. The Morgan fingerprint density at radius 1 is 1.60 bits per heavy atom. The molecule has 15 heavy (non-hydrogen) atoms. The molecule has 1 fully saturated rings. The fourth-order valence-corrected chi connectivity index (χ4v) is 1.14. The summed E-state index contributed by atoms with van der Waals surface area (Å²) in [5.41, 5.74) is 5.33. The summed E-state index contributed by atoms with van der Waals surface area (Å²) < 4.78 is 0. The highest BCUT2D eigenvalue weighted by molar-refractivity contribution is 5.77. The van der Waals surface area contributed by atoms with Crippen LogP contribution in [0.25, 0.3) is 0 Å². The van der Waals surface area contributed by atoms with Crippen molar-refractivity contribution < 1.29 is 9.90 Å². The van der Waals surface area contributed by atoms with Crippen LogP contribution in [0.15, 0.2) is 0 Å². The molecule has 0 unspecified atom stereocenters. The maximum absolute atomic E-state index is 10.4. The van der Waals surface area contributed by atoms with Gasteiger partial charge >= 0.3 is 5.97 Å². The molecule has 86 valence electrons. The van der Waals surface area contributed by atoms with E-state index in [0.717, 1.165) is 12.8 Å². The van der Waals surface area contributed by atoms with Crippen molar-refractivity contribution in [2.24, 2.45) is 5.73 Å². The molecule has 1 atom stereocenters. The average molecular weight is 214 g/mol. The Bertz CT molecular complexity index is 240. The monoisotopic (exact) mass is 214 g/mol. The van der Waals surface area contributed by atoms with E-state index in [1.165, 1.54) is 0 Å². The van der Waals surface area contributed by atoms with E-state index in [1.54, 1.807) is 0 Å². The molecule has 1 saturated carbocycles. The minimum absolute atomic E-state index is 0.321. The number of hydrogen-bond acceptors (Lipinski definition) is 3. The molecule has 6 N–H and O–H groups in total. The first-order chi connectivity index (χ1) is 7.09. The van der Waals surface area contributed by atoms with Crippen LogP contribution in [0.4, 0.5) is 0 Å². The molecule has 0 amide bonds. The molecule has 1 rings (SSSR count). The number of hydrogen-bond donors (Lipinski definition) is 5. The molecule has 0 aromatic heterocycles. The second-order valence-electron chi connectivity index (χ2n) is 3.81. The van der Waals surface area contributed by atoms with Gasteiger partial charge in [0.15, 0.2) is 5.96 Å². The van der Waals surface area contributed by atoms with Gasteiger partial charge in [-0.3, -0.25) is 10.2 Å². The third-order valence-corrected chi connectivity index (χ3v) is 2.24. The van der Waals surface area contributed by atoms with Gasteiger partial charge in [0, 0.05) is 12.6 Å². The maximum Gasteiger partial charge on any atom is 0.320 e. The van der Waals surface area contributed by atoms with Gasteiger partial charge in [0.05, 0.1) is 0 Å². The Balaban J connectivity index is 1.95. The molecular weight excluding hydrogens is 196 g/mol. The van der Waals surface area contributed by atoms with Crippen LogP contribution in [-0.4, -0.2) is 35.7 Å². The van der Waals surface area contributed by atoms with Crippen LogP contribution >= 0.6 is 0 Å². The van der Waals surface area contributed by atoms with Crippen LogP contribution in [0.5, 0.6) is 0 Å². The summed E-state index contributed by atoms with van der Waals surface area (Å²) >= 11 is 0. The fourth-order valence-electron chi connectivity index (χ4n) is 1.14. The summed E-state index contributed by atoms with van der Waals surface area (Å²) in [5, 5.41) is 21.8. The minimum Gasteiger partial charge on any atom is -0.480 e. The molecule has 0 radical (unpaired) electrons. The summed E-state index contributed by atoms with van der Waals surface area (Å²) in [4.78, 5) is 10.4. The predicted molar refractivity (Wildman–Crippen MR) is 56.7 cm³/mol. The highest BCUT2D eigenvalue weighted by Crippen LogP contribution is 2.17. The normalized spacial score (nSPS) is 16.9. The van der Waals surface area contributed by atoms with Gasteiger partial charge in [-0.05, 0) is 25.7 Å². The molecule has 6 heteroatoms. The Hall–Kier alpha value is -1.30. The zero-order chi connectivity index (χ0) is 11.3. The summed E-state index contributed by atoms with van der Waals surface area (Å²) in [5.74, 6) is -0.650. The summed E-state index contributed by atoms with van der Waals surface area (Å²) in [7, 11) is 0. The Morgan fingerprint density at radius 2 is 2.27 bits per heavy atom. The van der Waals surface area contributed by atoms with Gasteiger partial charge in [0.1, 0.15) is 6.04 Å². The highest BCUT2D eigenvalue weighted by Gasteiger charge is 2.21. The number of aliphatic carboxylic acids is 1. The van der Waals surface area contributed by atoms with Crippen molar-refractivity contribution >= 4 is 11.9 Å². The lowest BCUT2D eigenvalue weighted by molar-refractivity contribution is -0.138. The molecule has 0 aliphatic heterocycles. The van der Waals surface area contributed by atoms with Crippen molar-refractivity contribution in [3.05, 3.63) is 0 Å². The second-order valence-corrected chi connectivity index (χ2v) is 3.81. The van der Waals surface area contributed by atoms with Crippen LogP contribution in [0, 0.1) is 5.41 Å². The largest absolute Gasteiger partial charge is 0.480 e. The predicted octanol–water partition coefficient (Wildman–Crippen LogP) is -0.545. The number of guanidine groups is 1. The van der Waals surface area contributed by atoms with Crippen molar-refractivity contribution in [1.29, 1.82) is 5.41 Å². The average Bonchev–Trinajstić information content (AvgIpc) is 2.95. The molecule has 0 bridgehead atoms. The van der Waals surface area contributed by atoms with E-state index < -0.39 is 12.0 Å². The van der Waals surface area contributed by atoms with E-state index in [4.69, 9.17) is 16.2 Å². The minimum atomic E-state index is -0.971. The quantitative estimate of drug-likeness (QED) is 0.231. The maximum atomic E-state index is 10.4. The number of nitrogens with two attached hydrogens (primary N) is 1. The van der Waals surface area contributed by atoms with E-state index >= 15 is 0 Å². The van der Waals surface area contributed by atoms with Crippen molar-refractivity contribution in [3.8, 4) is 0 Å². The SMILES string of the molecule is N=C(NCCC[C@@H](N)C(=O)O)NC1CC1. The lowest BCUT2D eigenvalue weighted by atomic mass is 10.2. The number of carbonyl (C=O) groups is 1. The topological polar surface area (TPSA) is 111 Å². The molecule has 0 aromatic carbocycles. The van der Waals surface area contributed by atoms with E-state index in [-0.39, 0.29) is 0 Å². The molecule has 6 nitrogen and oxygen atoms in total. The first kappa shape index (κ1) is 11.8. The van der Waals surface area contributed by atoms with Gasteiger partial charge in [0.25, 0.3) is 0 Å². The van der Waals surface area contributed by atoms with Crippen LogP contribution in [0.3, 0.4) is 0 Å². The van der Waals surface area contributed by atoms with Crippen LogP contribution in [0.1, 0.15) is 25.7 Å². The van der Waals surface area contributed by atoms with E-state index in [0.29, 0.717) is 31.4 Å². The van der Waals surface area contributed by atoms with Crippen LogP contribution in [-0.2, 0) is 4.79 Å². The zero-order valence-corrected chi connectivity index (χ0v) is 8.62. The Kier molecular flexibility index (Phi) is 4.36. The van der Waals surface area contributed by atoms with Gasteiger partial charge in [-0.1, -0.05) is 0 Å². The van der Waals surface area contributed by atoms with E-state index in [9.17, 15) is 4.79 Å². The van der Waals surface area contributed by atoms with Gasteiger partial charge in [-0.15, -0.1) is 0 Å². The first-order valence-corrected chi connectivity index (χ1v) is 5.17. The number of rotatable bonds is 6. The second kappa shape index (κ2) is 5.55. The molecule has 0 aromatic rings. The van der Waals surface area contributed by atoms with Crippen LogP contribution in [0.2, 0.25) is 0 Å². The first-order valence-electron chi connectivity index (χ1n) is 5.17. The smallest absolute Gasteiger partial charge is 0.320 e. The van der Waals surface area contributed by atoms with Crippen molar-refractivity contribution in [2.75, 3.05) is 6.54 Å². The molecular formula is C9H18N4O2. The number of carboxylic acids is 1. The Labute approximate surface area is 88.7 Å². The third kappa shape index (κ3) is 5.21. The molecule has 1 aliphatic rings. The van der Waals surface area contributed by atoms with Crippen molar-refractivity contribution in [3.63, 3.8) is 0 Å². The van der Waals surface area contributed by atoms with Gasteiger partial charge in [0.2, 0.25) is 0 Å². The molecule has 0 saturated heterocycles. The van der Waals surface area contributed by atoms with Gasteiger partial charge in [-0.2, -0.15) is 0 Å². The Morgan fingerprint density at radius 3 is 2.80 bits per heavy atom.